The van der Waals surface area contributed by atoms with Gasteiger partial charge in [0.05, 0.1) is 10.5 Å². The van der Waals surface area contributed by atoms with Crippen LogP contribution in [-0.4, -0.2) is 33.6 Å². The third-order valence-electron chi connectivity index (χ3n) is 5.93. The third kappa shape index (κ3) is 9.18. The lowest BCUT2D eigenvalue weighted by Gasteiger charge is -2.13. The first kappa shape index (κ1) is 29.3. The van der Waals surface area contributed by atoms with Crippen LogP contribution in [0.15, 0.2) is 79.1 Å². The van der Waals surface area contributed by atoms with Crippen molar-refractivity contribution in [1.29, 1.82) is 0 Å². The van der Waals surface area contributed by atoms with Gasteiger partial charge in [-0.3, -0.25) is 4.79 Å². The molecule has 0 saturated heterocycles. The van der Waals surface area contributed by atoms with E-state index in [0.29, 0.717) is 44.4 Å². The van der Waals surface area contributed by atoms with Crippen LogP contribution in [0.1, 0.15) is 31.2 Å². The zero-order valence-corrected chi connectivity index (χ0v) is 22.8. The van der Waals surface area contributed by atoms with Gasteiger partial charge < -0.3 is 25.8 Å². The van der Waals surface area contributed by atoms with E-state index in [4.69, 9.17) is 21.4 Å². The molecule has 0 radical (unpaired) electrons. The largest absolute Gasteiger partial charge is 0.487 e. The fraction of sp³-hybridized carbons (Fsp3) is 0.200. The SMILES string of the molecule is C1=CCCC1.O=C(O)NCCC(=O)Nc1ccc2ncnc(Nc3ccc(OCc4cccc(F)c4)c(Cl)c3)c2c1. The van der Waals surface area contributed by atoms with E-state index in [2.05, 4.69) is 38.1 Å². The topological polar surface area (TPSA) is 125 Å². The van der Waals surface area contributed by atoms with E-state index in [9.17, 15) is 14.0 Å². The Balaban J connectivity index is 0.000000699. The van der Waals surface area contributed by atoms with Crippen LogP contribution in [0.4, 0.5) is 26.4 Å². The highest BCUT2D eigenvalue weighted by Crippen LogP contribution is 2.31. The summed E-state index contributed by atoms with van der Waals surface area (Å²) in [6, 6.07) is 16.4. The Hall–Kier alpha value is -4.70. The van der Waals surface area contributed by atoms with Crippen LogP contribution in [0.5, 0.6) is 5.75 Å². The molecule has 212 valence electrons. The summed E-state index contributed by atoms with van der Waals surface area (Å²) in [6.45, 7) is 0.176. The molecule has 5 rings (SSSR count). The van der Waals surface area contributed by atoms with Gasteiger partial charge in [0.25, 0.3) is 0 Å². The number of halogens is 2. The number of allylic oxidation sites excluding steroid dienone is 2. The van der Waals surface area contributed by atoms with E-state index in [0.717, 1.165) is 0 Å². The van der Waals surface area contributed by atoms with E-state index in [-0.39, 0.29) is 31.3 Å². The smallest absolute Gasteiger partial charge is 0.404 e. The van der Waals surface area contributed by atoms with Crippen molar-refractivity contribution in [3.63, 3.8) is 0 Å². The summed E-state index contributed by atoms with van der Waals surface area (Å²) in [7, 11) is 0. The van der Waals surface area contributed by atoms with E-state index < -0.39 is 6.09 Å². The third-order valence-corrected chi connectivity index (χ3v) is 6.23. The quantitative estimate of drug-likeness (QED) is 0.157. The molecule has 9 nitrogen and oxygen atoms in total. The van der Waals surface area contributed by atoms with Gasteiger partial charge in [-0.05, 0) is 73.4 Å². The standard InChI is InChI=1S/C25H21ClFN5O4.C5H8/c26-20-12-18(5-7-22(20)36-13-15-2-1-3-16(27)10-15)32-24-19-11-17(4-6-21(19)29-14-30-24)31-23(33)8-9-28-25(34)35;1-2-4-5-3-1/h1-7,10-12,14,28H,8-9,13H2,(H,31,33)(H,34,35)(H,29,30,32);1-2H,3-5H2. The summed E-state index contributed by atoms with van der Waals surface area (Å²) < 4.78 is 19.1. The number of benzene rings is 3. The van der Waals surface area contributed by atoms with Gasteiger partial charge in [0.1, 0.15) is 30.3 Å². The molecule has 0 aliphatic heterocycles. The minimum Gasteiger partial charge on any atom is -0.487 e. The molecule has 0 spiro atoms. The highest BCUT2D eigenvalue weighted by molar-refractivity contribution is 6.32. The van der Waals surface area contributed by atoms with Crippen LogP contribution in [0.25, 0.3) is 10.9 Å². The van der Waals surface area contributed by atoms with Crippen molar-refractivity contribution in [2.45, 2.75) is 32.3 Å². The van der Waals surface area contributed by atoms with E-state index in [1.807, 2.05) is 0 Å². The van der Waals surface area contributed by atoms with Crippen molar-refractivity contribution >= 4 is 51.7 Å². The zero-order chi connectivity index (χ0) is 29.0. The number of aromatic nitrogens is 2. The van der Waals surface area contributed by atoms with Crippen LogP contribution < -0.4 is 20.7 Å². The molecule has 0 fully saturated rings. The fourth-order valence-electron chi connectivity index (χ4n) is 3.95. The van der Waals surface area contributed by atoms with Crippen molar-refractivity contribution in [3.8, 4) is 5.75 Å². The molecule has 0 atom stereocenters. The molecule has 11 heteroatoms. The molecule has 4 N–H and O–H groups in total. The summed E-state index contributed by atoms with van der Waals surface area (Å²) in [4.78, 5) is 31.2. The number of ether oxygens (including phenoxy) is 1. The average molecular weight is 578 g/mol. The van der Waals surface area contributed by atoms with Gasteiger partial charge in [0.15, 0.2) is 0 Å². The average Bonchev–Trinajstić information content (AvgIpc) is 3.53. The van der Waals surface area contributed by atoms with Crippen LogP contribution in [0, 0.1) is 5.82 Å². The summed E-state index contributed by atoms with van der Waals surface area (Å²) >= 11 is 6.39. The second-order valence-electron chi connectivity index (χ2n) is 9.08. The second kappa shape index (κ2) is 14.6. The maximum absolute atomic E-state index is 13.4. The van der Waals surface area contributed by atoms with Crippen molar-refractivity contribution in [2.75, 3.05) is 17.2 Å². The number of carbonyl (C=O) groups is 2. The Morgan fingerprint density at radius 1 is 1.00 bits per heavy atom. The van der Waals surface area contributed by atoms with E-state index in [1.54, 1.807) is 48.5 Å². The van der Waals surface area contributed by atoms with Crippen molar-refractivity contribution in [1.82, 2.24) is 15.3 Å². The molecule has 4 aromatic rings. The lowest BCUT2D eigenvalue weighted by atomic mass is 10.2. The van der Waals surface area contributed by atoms with Crippen molar-refractivity contribution in [2.24, 2.45) is 0 Å². The molecule has 0 saturated carbocycles. The Morgan fingerprint density at radius 2 is 1.80 bits per heavy atom. The summed E-state index contributed by atoms with van der Waals surface area (Å²) in [6.07, 6.45) is 8.72. The second-order valence-corrected chi connectivity index (χ2v) is 9.48. The van der Waals surface area contributed by atoms with Crippen LogP contribution in [0.2, 0.25) is 5.02 Å². The number of nitrogens with one attached hydrogen (secondary N) is 3. The Morgan fingerprint density at radius 3 is 2.51 bits per heavy atom. The minimum atomic E-state index is -1.19. The molecule has 3 aromatic carbocycles. The number of carbonyl (C=O) groups excluding carboxylic acids is 1. The lowest BCUT2D eigenvalue weighted by molar-refractivity contribution is -0.116. The van der Waals surface area contributed by atoms with E-state index in [1.165, 1.54) is 37.7 Å². The highest BCUT2D eigenvalue weighted by Gasteiger charge is 2.10. The summed E-state index contributed by atoms with van der Waals surface area (Å²) in [5, 5.41) is 17.7. The number of hydrogen-bond acceptors (Lipinski definition) is 6. The summed E-state index contributed by atoms with van der Waals surface area (Å²) in [5.41, 5.74) is 2.49. The number of carboxylic acid groups (broad SMARTS) is 1. The molecule has 0 unspecified atom stereocenters. The molecule has 1 aliphatic carbocycles. The Bertz CT molecular complexity index is 1540. The van der Waals surface area contributed by atoms with Crippen molar-refractivity contribution in [3.05, 3.63) is 95.5 Å². The Labute approximate surface area is 241 Å². The number of fused-ring (bicyclic) bond motifs is 1. The maximum atomic E-state index is 13.4. The predicted molar refractivity (Wildman–Crippen MR) is 157 cm³/mol. The number of amides is 2. The first-order valence-electron chi connectivity index (χ1n) is 13.0. The highest BCUT2D eigenvalue weighted by atomic mass is 35.5. The molecular formula is C30H29ClFN5O4. The molecule has 1 aromatic heterocycles. The van der Waals surface area contributed by atoms with Crippen LogP contribution in [-0.2, 0) is 11.4 Å². The van der Waals surface area contributed by atoms with Gasteiger partial charge >= 0.3 is 6.09 Å². The first-order valence-corrected chi connectivity index (χ1v) is 13.4. The van der Waals surface area contributed by atoms with Gasteiger partial charge in [-0.1, -0.05) is 35.9 Å². The van der Waals surface area contributed by atoms with Gasteiger partial charge in [0, 0.05) is 29.7 Å². The molecule has 1 aliphatic rings. The molecule has 0 bridgehead atoms. The number of rotatable bonds is 9. The molecule has 41 heavy (non-hydrogen) atoms. The van der Waals surface area contributed by atoms with Crippen LogP contribution in [0.3, 0.4) is 0 Å². The zero-order valence-electron chi connectivity index (χ0n) is 22.1. The number of nitrogens with zero attached hydrogens (tertiary/aromatic N) is 2. The normalized spacial score (nSPS) is 11.9. The maximum Gasteiger partial charge on any atom is 0.404 e. The van der Waals surface area contributed by atoms with E-state index >= 15 is 0 Å². The molecule has 1 heterocycles. The number of anilines is 3. The Kier molecular flexibility index (Phi) is 10.4. The van der Waals surface area contributed by atoms with Gasteiger partial charge in [-0.15, -0.1) is 0 Å². The van der Waals surface area contributed by atoms with Gasteiger partial charge in [-0.25, -0.2) is 19.2 Å². The minimum absolute atomic E-state index is 0.00708. The summed E-state index contributed by atoms with van der Waals surface area (Å²) in [5.74, 6) is 0.265. The number of hydrogen-bond donors (Lipinski definition) is 4. The fourth-order valence-corrected chi connectivity index (χ4v) is 4.19. The van der Waals surface area contributed by atoms with Gasteiger partial charge in [-0.2, -0.15) is 0 Å². The lowest BCUT2D eigenvalue weighted by Crippen LogP contribution is -2.25. The molecule has 2 amide bonds. The van der Waals surface area contributed by atoms with Gasteiger partial charge in [0.2, 0.25) is 5.91 Å². The first-order chi connectivity index (χ1) is 19.9. The molecular weight excluding hydrogens is 549 g/mol. The van der Waals surface area contributed by atoms with Crippen LogP contribution >= 0.6 is 11.6 Å². The predicted octanol–water partition coefficient (Wildman–Crippen LogP) is 7.07. The monoisotopic (exact) mass is 577 g/mol. The van der Waals surface area contributed by atoms with Crippen molar-refractivity contribution < 1.29 is 23.8 Å².